The van der Waals surface area contributed by atoms with Crippen molar-refractivity contribution in [2.75, 3.05) is 39.0 Å². The zero-order chi connectivity index (χ0) is 17.4. The molecule has 1 atom stereocenters. The van der Waals surface area contributed by atoms with E-state index in [0.717, 1.165) is 36.9 Å². The summed E-state index contributed by atoms with van der Waals surface area (Å²) in [4.78, 5) is 7.13. The molecule has 0 spiro atoms. The van der Waals surface area contributed by atoms with Gasteiger partial charge in [0.2, 0.25) is 0 Å². The topological polar surface area (TPSA) is 57.1 Å². The Kier molecular flexibility index (Phi) is 10.4. The number of halogens is 1. The molecule has 1 heterocycles. The molecule has 142 valence electrons. The fraction of sp³-hybridized carbons (Fsp3) is 0.611. The summed E-state index contributed by atoms with van der Waals surface area (Å²) in [5.74, 6) is 2.88. The minimum absolute atomic E-state index is 0. The van der Waals surface area contributed by atoms with Gasteiger partial charge in [-0.05, 0) is 31.4 Å². The number of guanidine groups is 1. The smallest absolute Gasteiger partial charge is 0.193 e. The predicted octanol–water partition coefficient (Wildman–Crippen LogP) is 3.35. The van der Waals surface area contributed by atoms with Crippen LogP contribution in [0.4, 0.5) is 0 Å². The number of rotatable bonds is 6. The van der Waals surface area contributed by atoms with E-state index in [0.29, 0.717) is 24.0 Å². The maximum absolute atomic E-state index is 10.2. The Hall–Kier alpha value is -0.830. The minimum Gasteiger partial charge on any atom is -0.504 e. The van der Waals surface area contributed by atoms with Gasteiger partial charge in [-0.15, -0.1) is 24.0 Å². The molecule has 7 heteroatoms. The Balaban J connectivity index is 0.00000312. The van der Waals surface area contributed by atoms with Gasteiger partial charge in [-0.3, -0.25) is 4.99 Å². The van der Waals surface area contributed by atoms with Gasteiger partial charge < -0.3 is 20.1 Å². The van der Waals surface area contributed by atoms with E-state index < -0.39 is 0 Å². The normalized spacial score (nSPS) is 17.8. The first-order valence-electron chi connectivity index (χ1n) is 8.69. The average molecular weight is 479 g/mol. The molecule has 0 radical (unpaired) electrons. The fourth-order valence-electron chi connectivity index (χ4n) is 2.80. The second kappa shape index (κ2) is 11.7. The van der Waals surface area contributed by atoms with Crippen molar-refractivity contribution in [3.63, 3.8) is 0 Å². The van der Waals surface area contributed by atoms with Crippen LogP contribution in [0.25, 0.3) is 0 Å². The molecule has 1 aliphatic rings. The highest BCUT2D eigenvalue weighted by Crippen LogP contribution is 2.29. The van der Waals surface area contributed by atoms with Gasteiger partial charge in [-0.2, -0.15) is 11.8 Å². The number of aliphatic imine (C=N–C) groups is 1. The molecule has 25 heavy (non-hydrogen) atoms. The molecule has 1 saturated heterocycles. The Labute approximate surface area is 172 Å². The molecule has 1 aromatic carbocycles. The number of benzene rings is 1. The summed E-state index contributed by atoms with van der Waals surface area (Å²) in [7, 11) is 1.57. The van der Waals surface area contributed by atoms with E-state index in [9.17, 15) is 5.11 Å². The predicted molar refractivity (Wildman–Crippen MR) is 118 cm³/mol. The monoisotopic (exact) mass is 479 g/mol. The molecule has 0 amide bonds. The van der Waals surface area contributed by atoms with Crippen molar-refractivity contribution in [2.45, 2.75) is 31.9 Å². The van der Waals surface area contributed by atoms with E-state index in [1.165, 1.54) is 6.42 Å². The molecule has 1 aliphatic heterocycles. The number of ether oxygens (including phenoxy) is 1. The molecular formula is C18H30IN3O2S. The number of aromatic hydroxyl groups is 1. The lowest BCUT2D eigenvalue weighted by molar-refractivity contribution is 0.370. The second-order valence-corrected chi connectivity index (χ2v) is 7.21. The molecule has 5 nitrogen and oxygen atoms in total. The van der Waals surface area contributed by atoms with Crippen molar-refractivity contribution in [1.82, 2.24) is 10.2 Å². The summed E-state index contributed by atoms with van der Waals surface area (Å²) in [6.45, 7) is 7.94. The number of nitrogens with one attached hydrogen (secondary N) is 1. The number of hydrogen-bond acceptors (Lipinski definition) is 4. The van der Waals surface area contributed by atoms with Crippen molar-refractivity contribution in [3.8, 4) is 11.5 Å². The zero-order valence-corrected chi connectivity index (χ0v) is 18.5. The molecule has 2 rings (SSSR count). The maximum atomic E-state index is 10.2. The number of phenols is 1. The van der Waals surface area contributed by atoms with Crippen LogP contribution >= 0.6 is 35.7 Å². The van der Waals surface area contributed by atoms with E-state index in [-0.39, 0.29) is 29.7 Å². The van der Waals surface area contributed by atoms with Gasteiger partial charge in [0.25, 0.3) is 0 Å². The molecule has 1 aromatic rings. The maximum Gasteiger partial charge on any atom is 0.193 e. The van der Waals surface area contributed by atoms with Gasteiger partial charge in [-0.1, -0.05) is 19.1 Å². The molecule has 0 aliphatic carbocycles. The standard InChI is InChI=1S/C18H29N3O2S.HI/c1-4-15-13-21(11-12-24-15)18(19-5-2)20-10-9-14-7-6-8-16(23-3)17(14)22;/h6-8,15,22H,4-5,9-13H2,1-3H3,(H,19,20);1H. The first-order valence-corrected chi connectivity index (χ1v) is 9.74. The summed E-state index contributed by atoms with van der Waals surface area (Å²) < 4.78 is 5.16. The van der Waals surface area contributed by atoms with Crippen LogP contribution in [0.15, 0.2) is 23.2 Å². The lowest BCUT2D eigenvalue weighted by atomic mass is 10.1. The number of para-hydroxylation sites is 1. The Bertz CT molecular complexity index is 557. The Morgan fingerprint density at radius 3 is 2.92 bits per heavy atom. The van der Waals surface area contributed by atoms with Gasteiger partial charge in [-0.25, -0.2) is 0 Å². The third-order valence-electron chi connectivity index (χ3n) is 4.17. The lowest BCUT2D eigenvalue weighted by Gasteiger charge is -2.34. The molecule has 0 aromatic heterocycles. The average Bonchev–Trinajstić information content (AvgIpc) is 2.62. The number of hydrogen-bond donors (Lipinski definition) is 2. The first kappa shape index (κ1) is 22.2. The Morgan fingerprint density at radius 2 is 2.24 bits per heavy atom. The van der Waals surface area contributed by atoms with Crippen LogP contribution in [0.3, 0.4) is 0 Å². The van der Waals surface area contributed by atoms with Crippen LogP contribution in [0.5, 0.6) is 11.5 Å². The molecular weight excluding hydrogens is 449 g/mol. The van der Waals surface area contributed by atoms with E-state index in [2.05, 4.69) is 35.8 Å². The third kappa shape index (κ3) is 6.44. The summed E-state index contributed by atoms with van der Waals surface area (Å²) >= 11 is 2.06. The van der Waals surface area contributed by atoms with Crippen LogP contribution in [0.1, 0.15) is 25.8 Å². The van der Waals surface area contributed by atoms with E-state index in [1.807, 2.05) is 12.1 Å². The van der Waals surface area contributed by atoms with Crippen LogP contribution in [0, 0.1) is 0 Å². The van der Waals surface area contributed by atoms with Crippen LogP contribution in [-0.4, -0.2) is 60.3 Å². The van der Waals surface area contributed by atoms with Gasteiger partial charge in [0, 0.05) is 37.2 Å². The van der Waals surface area contributed by atoms with Crippen molar-refractivity contribution >= 4 is 41.7 Å². The number of thioether (sulfide) groups is 1. The number of methoxy groups -OCH3 is 1. The largest absolute Gasteiger partial charge is 0.504 e. The SMILES string of the molecule is CCNC(=NCCc1cccc(OC)c1O)N1CCSC(CC)C1.I. The fourth-order valence-corrected chi connectivity index (χ4v) is 3.98. The molecule has 1 unspecified atom stereocenters. The molecule has 0 bridgehead atoms. The van der Waals surface area contributed by atoms with Crippen LogP contribution < -0.4 is 10.1 Å². The first-order chi connectivity index (χ1) is 11.7. The quantitative estimate of drug-likeness (QED) is 0.373. The molecule has 2 N–H and O–H groups in total. The van der Waals surface area contributed by atoms with E-state index in [4.69, 9.17) is 9.73 Å². The van der Waals surface area contributed by atoms with Gasteiger partial charge >= 0.3 is 0 Å². The number of phenolic OH excluding ortho intramolecular Hbond substituents is 1. The highest BCUT2D eigenvalue weighted by molar-refractivity contribution is 14.0. The second-order valence-electron chi connectivity index (χ2n) is 5.80. The van der Waals surface area contributed by atoms with E-state index >= 15 is 0 Å². The third-order valence-corrected chi connectivity index (χ3v) is 5.55. The van der Waals surface area contributed by atoms with Gasteiger partial charge in [0.1, 0.15) is 0 Å². The highest BCUT2D eigenvalue weighted by Gasteiger charge is 2.21. The van der Waals surface area contributed by atoms with Crippen molar-refractivity contribution < 1.29 is 9.84 Å². The minimum atomic E-state index is 0. The van der Waals surface area contributed by atoms with Crippen LogP contribution in [-0.2, 0) is 6.42 Å². The summed E-state index contributed by atoms with van der Waals surface area (Å²) in [6, 6.07) is 5.59. The Morgan fingerprint density at radius 1 is 1.44 bits per heavy atom. The summed E-state index contributed by atoms with van der Waals surface area (Å²) in [6.07, 6.45) is 1.88. The lowest BCUT2D eigenvalue weighted by Crippen LogP contribution is -2.48. The van der Waals surface area contributed by atoms with Crippen molar-refractivity contribution in [3.05, 3.63) is 23.8 Å². The van der Waals surface area contributed by atoms with Crippen molar-refractivity contribution in [2.24, 2.45) is 4.99 Å². The van der Waals surface area contributed by atoms with Gasteiger partial charge in [0.15, 0.2) is 17.5 Å². The van der Waals surface area contributed by atoms with Crippen molar-refractivity contribution in [1.29, 1.82) is 0 Å². The summed E-state index contributed by atoms with van der Waals surface area (Å²) in [5, 5.41) is 14.3. The van der Waals surface area contributed by atoms with E-state index in [1.54, 1.807) is 13.2 Å². The van der Waals surface area contributed by atoms with Crippen LogP contribution in [0.2, 0.25) is 0 Å². The highest BCUT2D eigenvalue weighted by atomic mass is 127. The zero-order valence-electron chi connectivity index (χ0n) is 15.3. The summed E-state index contributed by atoms with van der Waals surface area (Å²) in [5.41, 5.74) is 0.870. The van der Waals surface area contributed by atoms with Gasteiger partial charge in [0.05, 0.1) is 7.11 Å². The molecule has 0 saturated carbocycles. The molecule has 1 fully saturated rings. The number of nitrogens with zero attached hydrogens (tertiary/aromatic N) is 2.